The number of nitrogens with one attached hydrogen (secondary N) is 1. The summed E-state index contributed by atoms with van der Waals surface area (Å²) in [6.07, 6.45) is 1.46. The third-order valence-corrected chi connectivity index (χ3v) is 2.67. The van der Waals surface area contributed by atoms with Crippen LogP contribution in [-0.2, 0) is 11.3 Å². The second kappa shape index (κ2) is 6.10. The summed E-state index contributed by atoms with van der Waals surface area (Å²) in [5, 5.41) is 8.00. The van der Waals surface area contributed by atoms with E-state index in [2.05, 4.69) is 15.6 Å². The molecule has 0 aliphatic carbocycles. The van der Waals surface area contributed by atoms with Crippen molar-refractivity contribution in [2.45, 2.75) is 20.4 Å². The van der Waals surface area contributed by atoms with Gasteiger partial charge < -0.3 is 0 Å². The molecule has 0 spiro atoms. The maximum absolute atomic E-state index is 12.7. The van der Waals surface area contributed by atoms with Crippen molar-refractivity contribution >= 4 is 12.1 Å². The van der Waals surface area contributed by atoms with Gasteiger partial charge in [0.1, 0.15) is 12.4 Å². The lowest BCUT2D eigenvalue weighted by molar-refractivity contribution is -0.121. The second-order valence-corrected chi connectivity index (χ2v) is 4.43. The molecule has 0 unspecified atom stereocenters. The van der Waals surface area contributed by atoms with E-state index in [1.165, 1.54) is 18.3 Å². The lowest BCUT2D eigenvalue weighted by Crippen LogP contribution is -2.24. The molecule has 1 N–H and O–H groups in total. The zero-order chi connectivity index (χ0) is 14.5. The van der Waals surface area contributed by atoms with Gasteiger partial charge in [0.2, 0.25) is 0 Å². The number of hydrazone groups is 1. The monoisotopic (exact) mass is 274 g/mol. The zero-order valence-electron chi connectivity index (χ0n) is 11.3. The van der Waals surface area contributed by atoms with Gasteiger partial charge in [-0.05, 0) is 37.6 Å². The maximum Gasteiger partial charge on any atom is 0.261 e. The van der Waals surface area contributed by atoms with Crippen molar-refractivity contribution < 1.29 is 9.18 Å². The SMILES string of the molecule is Cc1cc(C)n(CC(=O)N/N=C\c2ccc(F)cc2)n1. The van der Waals surface area contributed by atoms with Gasteiger partial charge >= 0.3 is 0 Å². The lowest BCUT2D eigenvalue weighted by Gasteiger charge is -2.02. The number of halogens is 1. The standard InChI is InChI=1S/C14H15FN4O/c1-10-7-11(2)19(18-10)9-14(20)17-16-8-12-3-5-13(15)6-4-12/h3-8H,9H2,1-2H3,(H,17,20)/b16-8-. The molecule has 0 saturated heterocycles. The summed E-state index contributed by atoms with van der Waals surface area (Å²) in [7, 11) is 0. The Hall–Kier alpha value is -2.50. The highest BCUT2D eigenvalue weighted by molar-refractivity contribution is 5.82. The van der Waals surface area contributed by atoms with Gasteiger partial charge in [-0.15, -0.1) is 0 Å². The van der Waals surface area contributed by atoms with E-state index in [1.807, 2.05) is 19.9 Å². The molecule has 2 aromatic rings. The molecule has 2 rings (SSSR count). The van der Waals surface area contributed by atoms with Crippen LogP contribution in [0.2, 0.25) is 0 Å². The topological polar surface area (TPSA) is 59.3 Å². The van der Waals surface area contributed by atoms with Crippen LogP contribution in [0.3, 0.4) is 0 Å². The molecule has 0 bridgehead atoms. The van der Waals surface area contributed by atoms with Gasteiger partial charge in [-0.25, -0.2) is 9.82 Å². The van der Waals surface area contributed by atoms with Crippen LogP contribution in [0.5, 0.6) is 0 Å². The number of benzene rings is 1. The van der Waals surface area contributed by atoms with Crippen LogP contribution >= 0.6 is 0 Å². The Morgan fingerprint density at radius 1 is 1.40 bits per heavy atom. The Labute approximate surface area is 116 Å². The van der Waals surface area contributed by atoms with Crippen LogP contribution < -0.4 is 5.43 Å². The maximum atomic E-state index is 12.7. The molecule has 1 amide bonds. The molecule has 0 radical (unpaired) electrons. The predicted octanol–water partition coefficient (Wildman–Crippen LogP) is 1.79. The van der Waals surface area contributed by atoms with Crippen LogP contribution in [0.4, 0.5) is 4.39 Å². The quantitative estimate of drug-likeness (QED) is 0.682. The van der Waals surface area contributed by atoms with E-state index in [0.29, 0.717) is 5.56 Å². The van der Waals surface area contributed by atoms with Crippen molar-refractivity contribution in [2.75, 3.05) is 0 Å². The summed E-state index contributed by atoms with van der Waals surface area (Å²) in [5.41, 5.74) is 4.90. The first-order valence-corrected chi connectivity index (χ1v) is 6.13. The van der Waals surface area contributed by atoms with Gasteiger partial charge in [0.25, 0.3) is 5.91 Å². The Bertz CT molecular complexity index is 631. The van der Waals surface area contributed by atoms with Crippen molar-refractivity contribution in [1.82, 2.24) is 15.2 Å². The number of amides is 1. The largest absolute Gasteiger partial charge is 0.271 e. The number of carbonyl (C=O) groups is 1. The fourth-order valence-corrected chi connectivity index (χ4v) is 1.73. The Kier molecular flexibility index (Phi) is 4.24. The van der Waals surface area contributed by atoms with E-state index in [4.69, 9.17) is 0 Å². The van der Waals surface area contributed by atoms with Crippen LogP contribution in [0.15, 0.2) is 35.4 Å². The fourth-order valence-electron chi connectivity index (χ4n) is 1.73. The highest BCUT2D eigenvalue weighted by Crippen LogP contribution is 2.01. The molecule has 0 aliphatic heterocycles. The minimum Gasteiger partial charge on any atom is -0.271 e. The third kappa shape index (κ3) is 3.74. The number of carbonyl (C=O) groups excluding carboxylic acids is 1. The molecule has 1 aromatic carbocycles. The number of rotatable bonds is 4. The van der Waals surface area contributed by atoms with Gasteiger partial charge in [-0.3, -0.25) is 9.48 Å². The molecule has 1 aromatic heterocycles. The molecule has 0 saturated carbocycles. The molecule has 0 aliphatic rings. The van der Waals surface area contributed by atoms with Gasteiger partial charge in [-0.1, -0.05) is 12.1 Å². The van der Waals surface area contributed by atoms with Gasteiger partial charge in [0.15, 0.2) is 0 Å². The fraction of sp³-hybridized carbons (Fsp3) is 0.214. The van der Waals surface area contributed by atoms with Crippen molar-refractivity contribution in [3.63, 3.8) is 0 Å². The first-order valence-electron chi connectivity index (χ1n) is 6.13. The minimum absolute atomic E-state index is 0.112. The molecule has 6 heteroatoms. The summed E-state index contributed by atoms with van der Waals surface area (Å²) in [5.74, 6) is -0.578. The third-order valence-electron chi connectivity index (χ3n) is 2.67. The summed E-state index contributed by atoms with van der Waals surface area (Å²) in [6.45, 7) is 3.86. The number of aryl methyl sites for hydroxylation is 2. The Morgan fingerprint density at radius 2 is 2.10 bits per heavy atom. The van der Waals surface area contributed by atoms with Crippen molar-refractivity contribution in [3.8, 4) is 0 Å². The van der Waals surface area contributed by atoms with E-state index >= 15 is 0 Å². The van der Waals surface area contributed by atoms with E-state index in [0.717, 1.165) is 11.4 Å². The average molecular weight is 274 g/mol. The smallest absolute Gasteiger partial charge is 0.261 e. The van der Waals surface area contributed by atoms with E-state index < -0.39 is 0 Å². The van der Waals surface area contributed by atoms with Gasteiger partial charge in [0, 0.05) is 5.69 Å². The molecule has 20 heavy (non-hydrogen) atoms. The average Bonchev–Trinajstić information content (AvgIpc) is 2.70. The number of aromatic nitrogens is 2. The van der Waals surface area contributed by atoms with Crippen molar-refractivity contribution in [3.05, 3.63) is 53.1 Å². The number of hydrogen-bond donors (Lipinski definition) is 1. The highest BCUT2D eigenvalue weighted by Gasteiger charge is 2.05. The van der Waals surface area contributed by atoms with E-state index in [9.17, 15) is 9.18 Å². The Balaban J connectivity index is 1.89. The van der Waals surface area contributed by atoms with Gasteiger partial charge in [0.05, 0.1) is 11.9 Å². The van der Waals surface area contributed by atoms with E-state index in [-0.39, 0.29) is 18.3 Å². The lowest BCUT2D eigenvalue weighted by atomic mass is 10.2. The molecular formula is C14H15FN4O. The van der Waals surface area contributed by atoms with Crippen LogP contribution in [0, 0.1) is 19.7 Å². The summed E-state index contributed by atoms with van der Waals surface area (Å²) >= 11 is 0. The minimum atomic E-state index is -0.310. The Morgan fingerprint density at radius 3 is 2.70 bits per heavy atom. The normalized spacial score (nSPS) is 10.9. The van der Waals surface area contributed by atoms with Gasteiger partial charge in [-0.2, -0.15) is 10.2 Å². The highest BCUT2D eigenvalue weighted by atomic mass is 19.1. The molecule has 5 nitrogen and oxygen atoms in total. The first kappa shape index (κ1) is 13.9. The first-order chi connectivity index (χ1) is 9.54. The number of hydrogen-bond acceptors (Lipinski definition) is 3. The molecule has 104 valence electrons. The van der Waals surface area contributed by atoms with Crippen LogP contribution in [-0.4, -0.2) is 21.9 Å². The second-order valence-electron chi connectivity index (χ2n) is 4.43. The van der Waals surface area contributed by atoms with E-state index in [1.54, 1.807) is 16.8 Å². The zero-order valence-corrected chi connectivity index (χ0v) is 11.3. The molecular weight excluding hydrogens is 259 g/mol. The predicted molar refractivity (Wildman–Crippen MR) is 73.8 cm³/mol. The van der Waals surface area contributed by atoms with Crippen molar-refractivity contribution in [1.29, 1.82) is 0 Å². The summed E-state index contributed by atoms with van der Waals surface area (Å²) in [4.78, 5) is 11.7. The van der Waals surface area contributed by atoms with Crippen LogP contribution in [0.1, 0.15) is 17.0 Å². The number of nitrogens with zero attached hydrogens (tertiary/aromatic N) is 3. The molecule has 0 atom stereocenters. The van der Waals surface area contributed by atoms with Crippen molar-refractivity contribution in [2.24, 2.45) is 5.10 Å². The van der Waals surface area contributed by atoms with Crippen LogP contribution in [0.25, 0.3) is 0 Å². The summed E-state index contributed by atoms with van der Waals surface area (Å²) in [6, 6.07) is 7.71. The molecule has 1 heterocycles. The molecule has 0 fully saturated rings. The summed E-state index contributed by atoms with van der Waals surface area (Å²) < 4.78 is 14.3.